The fourth-order valence-corrected chi connectivity index (χ4v) is 2.27. The summed E-state index contributed by atoms with van der Waals surface area (Å²) in [5.74, 6) is 1.10. The molecule has 5 nitrogen and oxygen atoms in total. The number of anilines is 1. The fraction of sp³-hybridized carbons (Fsp3) is 0.727. The monoisotopic (exact) mass is 221 g/mol. The average Bonchev–Trinajstić information content (AvgIpc) is 2.57. The number of rotatable bonds is 4. The minimum Gasteiger partial charge on any atom is -0.368 e. The molecule has 0 spiro atoms. The van der Waals surface area contributed by atoms with E-state index in [9.17, 15) is 0 Å². The van der Waals surface area contributed by atoms with E-state index in [2.05, 4.69) is 20.4 Å². The van der Waals surface area contributed by atoms with Gasteiger partial charge in [-0.15, -0.1) is 0 Å². The molecule has 2 heterocycles. The molecule has 0 radical (unpaired) electrons. The second kappa shape index (κ2) is 3.75. The summed E-state index contributed by atoms with van der Waals surface area (Å²) in [5.41, 5.74) is 6.21. The summed E-state index contributed by atoms with van der Waals surface area (Å²) in [6.07, 6.45) is 5.40. The summed E-state index contributed by atoms with van der Waals surface area (Å²) < 4.78 is 2.07. The SMILES string of the molecule is NC1(CNc2ccnn2C2CNC2)CCC1. The number of nitrogens with one attached hydrogen (secondary N) is 2. The lowest BCUT2D eigenvalue weighted by Gasteiger charge is -2.38. The van der Waals surface area contributed by atoms with Crippen molar-refractivity contribution in [1.82, 2.24) is 15.1 Å². The molecule has 0 unspecified atom stereocenters. The molecule has 1 saturated carbocycles. The second-order valence-corrected chi connectivity index (χ2v) is 5.04. The maximum Gasteiger partial charge on any atom is 0.124 e. The highest BCUT2D eigenvalue weighted by atomic mass is 15.4. The predicted molar refractivity (Wildman–Crippen MR) is 63.4 cm³/mol. The van der Waals surface area contributed by atoms with Crippen LogP contribution in [0.2, 0.25) is 0 Å². The van der Waals surface area contributed by atoms with Crippen LogP contribution in [0.15, 0.2) is 12.3 Å². The van der Waals surface area contributed by atoms with Crippen molar-refractivity contribution in [2.75, 3.05) is 25.0 Å². The highest BCUT2D eigenvalue weighted by Crippen LogP contribution is 2.29. The van der Waals surface area contributed by atoms with Gasteiger partial charge in [0.15, 0.2) is 0 Å². The molecule has 1 aromatic heterocycles. The number of nitrogens with zero attached hydrogens (tertiary/aromatic N) is 2. The molecule has 0 amide bonds. The summed E-state index contributed by atoms with van der Waals surface area (Å²) in [6.45, 7) is 2.90. The number of aromatic nitrogens is 2. The molecule has 1 saturated heterocycles. The van der Waals surface area contributed by atoms with E-state index in [1.807, 2.05) is 12.3 Å². The quantitative estimate of drug-likeness (QED) is 0.685. The maximum absolute atomic E-state index is 6.19. The van der Waals surface area contributed by atoms with Gasteiger partial charge in [-0.25, -0.2) is 4.68 Å². The van der Waals surface area contributed by atoms with E-state index in [1.165, 1.54) is 6.42 Å². The lowest BCUT2D eigenvalue weighted by molar-refractivity contribution is 0.263. The Hall–Kier alpha value is -1.07. The van der Waals surface area contributed by atoms with Crippen LogP contribution in [0.4, 0.5) is 5.82 Å². The molecule has 0 aromatic carbocycles. The van der Waals surface area contributed by atoms with Crippen molar-refractivity contribution in [2.45, 2.75) is 30.8 Å². The Labute approximate surface area is 95.4 Å². The number of hydrogen-bond acceptors (Lipinski definition) is 4. The Kier molecular flexibility index (Phi) is 2.37. The van der Waals surface area contributed by atoms with Gasteiger partial charge in [-0.1, -0.05) is 0 Å². The zero-order valence-electron chi connectivity index (χ0n) is 9.45. The van der Waals surface area contributed by atoms with Crippen LogP contribution < -0.4 is 16.4 Å². The minimum absolute atomic E-state index is 0.0208. The van der Waals surface area contributed by atoms with Crippen molar-refractivity contribution >= 4 is 5.82 Å². The van der Waals surface area contributed by atoms with Gasteiger partial charge >= 0.3 is 0 Å². The van der Waals surface area contributed by atoms with Crippen LogP contribution >= 0.6 is 0 Å². The van der Waals surface area contributed by atoms with E-state index in [0.29, 0.717) is 6.04 Å². The molecule has 1 aromatic rings. The highest BCUT2D eigenvalue weighted by molar-refractivity contribution is 5.36. The molecule has 1 aliphatic carbocycles. The van der Waals surface area contributed by atoms with Crippen LogP contribution in [-0.4, -0.2) is 35.0 Å². The Morgan fingerprint density at radius 1 is 1.56 bits per heavy atom. The first-order valence-corrected chi connectivity index (χ1v) is 6.04. The largest absolute Gasteiger partial charge is 0.368 e. The van der Waals surface area contributed by atoms with Crippen LogP contribution in [0.3, 0.4) is 0 Å². The third kappa shape index (κ3) is 1.70. The average molecular weight is 221 g/mol. The first-order chi connectivity index (χ1) is 7.77. The molecule has 3 rings (SSSR count). The summed E-state index contributed by atoms with van der Waals surface area (Å²) in [4.78, 5) is 0. The summed E-state index contributed by atoms with van der Waals surface area (Å²) in [7, 11) is 0. The standard InChI is InChI=1S/C11H19N5/c12-11(3-1-4-11)8-14-10-2-5-15-16(10)9-6-13-7-9/h2,5,9,13-14H,1,3-4,6-8,12H2. The van der Waals surface area contributed by atoms with Crippen LogP contribution in [-0.2, 0) is 0 Å². The Morgan fingerprint density at radius 2 is 2.38 bits per heavy atom. The van der Waals surface area contributed by atoms with Gasteiger partial charge < -0.3 is 16.4 Å². The van der Waals surface area contributed by atoms with Gasteiger partial charge in [-0.2, -0.15) is 5.10 Å². The van der Waals surface area contributed by atoms with Crippen molar-refractivity contribution < 1.29 is 0 Å². The molecule has 0 atom stereocenters. The van der Waals surface area contributed by atoms with E-state index in [4.69, 9.17) is 5.73 Å². The normalized spacial score (nSPS) is 23.6. The van der Waals surface area contributed by atoms with Crippen molar-refractivity contribution in [3.63, 3.8) is 0 Å². The van der Waals surface area contributed by atoms with E-state index >= 15 is 0 Å². The van der Waals surface area contributed by atoms with Crippen LogP contribution in [0.5, 0.6) is 0 Å². The van der Waals surface area contributed by atoms with Gasteiger partial charge in [0.1, 0.15) is 5.82 Å². The van der Waals surface area contributed by atoms with Gasteiger partial charge in [0, 0.05) is 31.2 Å². The Bertz CT molecular complexity index is 364. The molecule has 88 valence electrons. The third-order valence-electron chi connectivity index (χ3n) is 3.75. The molecule has 1 aliphatic heterocycles. The van der Waals surface area contributed by atoms with Gasteiger partial charge in [0.2, 0.25) is 0 Å². The predicted octanol–water partition coefficient (Wildman–Crippen LogP) is 0.321. The van der Waals surface area contributed by atoms with Gasteiger partial charge in [-0.3, -0.25) is 0 Å². The zero-order chi connectivity index (χ0) is 11.0. The Morgan fingerprint density at radius 3 is 2.94 bits per heavy atom. The topological polar surface area (TPSA) is 67.9 Å². The first kappa shape index (κ1) is 10.1. The molecule has 4 N–H and O–H groups in total. The van der Waals surface area contributed by atoms with E-state index < -0.39 is 0 Å². The van der Waals surface area contributed by atoms with E-state index in [0.717, 1.165) is 38.3 Å². The van der Waals surface area contributed by atoms with Gasteiger partial charge in [0.05, 0.1) is 12.2 Å². The molecular formula is C11H19N5. The summed E-state index contributed by atoms with van der Waals surface area (Å²) >= 11 is 0. The van der Waals surface area contributed by atoms with E-state index in [-0.39, 0.29) is 5.54 Å². The Balaban J connectivity index is 1.63. The molecule has 16 heavy (non-hydrogen) atoms. The fourth-order valence-electron chi connectivity index (χ4n) is 2.27. The summed E-state index contributed by atoms with van der Waals surface area (Å²) in [6, 6.07) is 2.54. The lowest BCUT2D eigenvalue weighted by Crippen LogP contribution is -2.52. The molecule has 5 heteroatoms. The van der Waals surface area contributed by atoms with Crippen molar-refractivity contribution in [2.24, 2.45) is 5.73 Å². The zero-order valence-corrected chi connectivity index (χ0v) is 9.45. The van der Waals surface area contributed by atoms with Crippen molar-refractivity contribution in [3.8, 4) is 0 Å². The van der Waals surface area contributed by atoms with E-state index in [1.54, 1.807) is 0 Å². The molecule has 0 bridgehead atoms. The first-order valence-electron chi connectivity index (χ1n) is 6.04. The van der Waals surface area contributed by atoms with Gasteiger partial charge in [-0.05, 0) is 19.3 Å². The van der Waals surface area contributed by atoms with Crippen LogP contribution in [0, 0.1) is 0 Å². The number of hydrogen-bond donors (Lipinski definition) is 3. The molecule has 2 fully saturated rings. The van der Waals surface area contributed by atoms with Crippen molar-refractivity contribution in [3.05, 3.63) is 12.3 Å². The second-order valence-electron chi connectivity index (χ2n) is 5.04. The smallest absolute Gasteiger partial charge is 0.124 e. The van der Waals surface area contributed by atoms with Crippen LogP contribution in [0.25, 0.3) is 0 Å². The molecule has 2 aliphatic rings. The van der Waals surface area contributed by atoms with Crippen LogP contribution in [0.1, 0.15) is 25.3 Å². The maximum atomic E-state index is 6.19. The minimum atomic E-state index is 0.0208. The van der Waals surface area contributed by atoms with Crippen molar-refractivity contribution in [1.29, 1.82) is 0 Å². The third-order valence-corrected chi connectivity index (χ3v) is 3.75. The lowest BCUT2D eigenvalue weighted by atomic mass is 9.78. The molecular weight excluding hydrogens is 202 g/mol. The summed E-state index contributed by atoms with van der Waals surface area (Å²) in [5, 5.41) is 11.0. The highest BCUT2D eigenvalue weighted by Gasteiger charge is 2.32. The number of nitrogens with two attached hydrogens (primary N) is 1. The van der Waals surface area contributed by atoms with Gasteiger partial charge in [0.25, 0.3) is 0 Å².